The van der Waals surface area contributed by atoms with Gasteiger partial charge >= 0.3 is 5.97 Å². The van der Waals surface area contributed by atoms with Gasteiger partial charge < -0.3 is 20.3 Å². The van der Waals surface area contributed by atoms with Gasteiger partial charge in [-0.3, -0.25) is 0 Å². The summed E-state index contributed by atoms with van der Waals surface area (Å²) in [6.45, 7) is 4.19. The van der Waals surface area contributed by atoms with E-state index in [4.69, 9.17) is 9.84 Å². The molecule has 0 aliphatic heterocycles. The van der Waals surface area contributed by atoms with Crippen LogP contribution < -0.4 is 10.1 Å². The van der Waals surface area contributed by atoms with Crippen LogP contribution in [0.5, 0.6) is 5.75 Å². The molecule has 5 nitrogen and oxygen atoms in total. The number of aliphatic carboxylic acids is 1. The van der Waals surface area contributed by atoms with Crippen LogP contribution in [0.15, 0.2) is 54.6 Å². The van der Waals surface area contributed by atoms with Gasteiger partial charge in [-0.05, 0) is 50.1 Å². The molecule has 2 rings (SSSR count). The van der Waals surface area contributed by atoms with Crippen LogP contribution in [0.4, 0.5) is 0 Å². The largest absolute Gasteiger partial charge is 0.479 e. The predicted octanol–water partition coefficient (Wildman–Crippen LogP) is 2.79. The van der Waals surface area contributed by atoms with Crippen LogP contribution in [0, 0.1) is 0 Å². The maximum Gasteiger partial charge on any atom is 0.344 e. The molecule has 0 amide bonds. The molecule has 3 N–H and O–H groups in total. The van der Waals surface area contributed by atoms with Crippen molar-refractivity contribution in [3.63, 3.8) is 0 Å². The maximum absolute atomic E-state index is 10.8. The Labute approximate surface area is 148 Å². The third-order valence-electron chi connectivity index (χ3n) is 4.08. The molecule has 0 fully saturated rings. The first kappa shape index (κ1) is 19.0. The quantitative estimate of drug-likeness (QED) is 0.652. The Morgan fingerprint density at radius 1 is 1.08 bits per heavy atom. The number of aliphatic hydroxyl groups is 1. The molecule has 0 spiro atoms. The summed E-state index contributed by atoms with van der Waals surface area (Å²) in [6, 6.07) is 16.9. The fourth-order valence-electron chi connectivity index (χ4n) is 2.48. The summed E-state index contributed by atoms with van der Waals surface area (Å²) in [7, 11) is 0. The minimum Gasteiger partial charge on any atom is -0.479 e. The average Bonchev–Trinajstić information content (AvgIpc) is 2.63. The molecule has 2 aromatic rings. The van der Waals surface area contributed by atoms with E-state index < -0.39 is 18.2 Å². The molecule has 1 unspecified atom stereocenters. The molecule has 0 aromatic heterocycles. The topological polar surface area (TPSA) is 78.8 Å². The van der Waals surface area contributed by atoms with E-state index in [1.165, 1.54) is 6.92 Å². The zero-order valence-electron chi connectivity index (χ0n) is 14.6. The van der Waals surface area contributed by atoms with Crippen molar-refractivity contribution in [2.75, 3.05) is 6.54 Å². The highest BCUT2D eigenvalue weighted by Crippen LogP contribution is 2.17. The van der Waals surface area contributed by atoms with Crippen LogP contribution in [0.25, 0.3) is 0 Å². The molecule has 0 bridgehead atoms. The van der Waals surface area contributed by atoms with Gasteiger partial charge in [0, 0.05) is 6.04 Å². The Morgan fingerprint density at radius 2 is 1.72 bits per heavy atom. The number of nitrogens with one attached hydrogen (secondary N) is 1. The van der Waals surface area contributed by atoms with E-state index in [-0.39, 0.29) is 6.04 Å². The molecule has 0 aliphatic carbocycles. The van der Waals surface area contributed by atoms with Crippen LogP contribution in [-0.2, 0) is 11.2 Å². The first-order valence-electron chi connectivity index (χ1n) is 8.42. The molecule has 134 valence electrons. The highest BCUT2D eigenvalue weighted by atomic mass is 16.5. The number of benzene rings is 2. The van der Waals surface area contributed by atoms with E-state index >= 15 is 0 Å². The van der Waals surface area contributed by atoms with Gasteiger partial charge in [0.1, 0.15) is 5.75 Å². The smallest absolute Gasteiger partial charge is 0.344 e. The number of hydrogen-bond acceptors (Lipinski definition) is 4. The molecule has 2 aromatic carbocycles. The number of carbonyl (C=O) groups is 1. The molecule has 0 radical (unpaired) electrons. The van der Waals surface area contributed by atoms with E-state index in [2.05, 4.69) is 5.32 Å². The Bertz CT molecular complexity index is 657. The van der Waals surface area contributed by atoms with E-state index in [1.54, 1.807) is 12.1 Å². The van der Waals surface area contributed by atoms with Gasteiger partial charge in [0.05, 0.1) is 6.10 Å². The molecule has 5 heteroatoms. The van der Waals surface area contributed by atoms with Crippen molar-refractivity contribution in [2.45, 2.75) is 38.5 Å². The minimum atomic E-state index is -0.987. The van der Waals surface area contributed by atoms with Crippen LogP contribution in [0.3, 0.4) is 0 Å². The molecular formula is C20H25NO4. The van der Waals surface area contributed by atoms with Crippen molar-refractivity contribution in [3.05, 3.63) is 65.7 Å². The second-order valence-corrected chi connectivity index (χ2v) is 6.09. The first-order chi connectivity index (χ1) is 12.0. The third kappa shape index (κ3) is 5.89. The Hall–Kier alpha value is -2.37. The van der Waals surface area contributed by atoms with Crippen molar-refractivity contribution in [1.29, 1.82) is 0 Å². The van der Waals surface area contributed by atoms with Gasteiger partial charge in [0.25, 0.3) is 0 Å². The summed E-state index contributed by atoms with van der Waals surface area (Å²) in [5.74, 6) is -0.446. The molecule has 25 heavy (non-hydrogen) atoms. The van der Waals surface area contributed by atoms with Crippen molar-refractivity contribution in [3.8, 4) is 5.75 Å². The number of ether oxygens (including phenoxy) is 1. The lowest BCUT2D eigenvalue weighted by atomic mass is 10.0. The van der Waals surface area contributed by atoms with Gasteiger partial charge in [-0.2, -0.15) is 0 Å². The van der Waals surface area contributed by atoms with Gasteiger partial charge in [-0.25, -0.2) is 4.79 Å². The summed E-state index contributed by atoms with van der Waals surface area (Å²) in [4.78, 5) is 10.8. The second-order valence-electron chi connectivity index (χ2n) is 6.09. The van der Waals surface area contributed by atoms with Gasteiger partial charge in [0.15, 0.2) is 6.10 Å². The lowest BCUT2D eigenvalue weighted by molar-refractivity contribution is -0.144. The summed E-state index contributed by atoms with van der Waals surface area (Å²) in [5, 5.41) is 22.5. The fourth-order valence-corrected chi connectivity index (χ4v) is 2.48. The van der Waals surface area contributed by atoms with E-state index in [0.717, 1.165) is 24.1 Å². The lowest BCUT2D eigenvalue weighted by Gasteiger charge is -2.20. The Balaban J connectivity index is 1.78. The van der Waals surface area contributed by atoms with E-state index in [1.807, 2.05) is 49.4 Å². The number of rotatable bonds is 9. The second kappa shape index (κ2) is 9.20. The summed E-state index contributed by atoms with van der Waals surface area (Å²) in [5.41, 5.74) is 2.01. The average molecular weight is 343 g/mol. The van der Waals surface area contributed by atoms with Gasteiger partial charge in [-0.15, -0.1) is 0 Å². The van der Waals surface area contributed by atoms with E-state index in [9.17, 15) is 9.90 Å². The molecule has 0 heterocycles. The van der Waals surface area contributed by atoms with Crippen LogP contribution in [0.2, 0.25) is 0 Å². The van der Waals surface area contributed by atoms with Gasteiger partial charge in [0.2, 0.25) is 0 Å². The van der Waals surface area contributed by atoms with Crippen molar-refractivity contribution >= 4 is 5.97 Å². The fraction of sp³-hybridized carbons (Fsp3) is 0.350. The Morgan fingerprint density at radius 3 is 2.32 bits per heavy atom. The zero-order chi connectivity index (χ0) is 18.2. The summed E-state index contributed by atoms with van der Waals surface area (Å²) in [6.07, 6.45) is -0.608. The number of hydrogen-bond donors (Lipinski definition) is 3. The van der Waals surface area contributed by atoms with Crippen LogP contribution in [-0.4, -0.2) is 34.9 Å². The SMILES string of the molecule is CC(Oc1ccc(CCN[C@H](C)[C@@H](O)c2ccccc2)cc1)C(=O)O. The zero-order valence-corrected chi connectivity index (χ0v) is 14.6. The molecule has 0 saturated heterocycles. The highest BCUT2D eigenvalue weighted by molar-refractivity contribution is 5.72. The predicted molar refractivity (Wildman–Crippen MR) is 96.7 cm³/mol. The lowest BCUT2D eigenvalue weighted by Crippen LogP contribution is -2.33. The van der Waals surface area contributed by atoms with Crippen molar-refractivity contribution < 1.29 is 19.7 Å². The first-order valence-corrected chi connectivity index (χ1v) is 8.42. The normalized spacial score (nSPS) is 14.5. The highest BCUT2D eigenvalue weighted by Gasteiger charge is 2.15. The molecule has 3 atom stereocenters. The minimum absolute atomic E-state index is 0.0542. The Kier molecular flexibility index (Phi) is 6.98. The number of aliphatic hydroxyl groups excluding tert-OH is 1. The standard InChI is InChI=1S/C20H25NO4/c1-14(19(22)17-6-4-3-5-7-17)21-13-12-16-8-10-18(11-9-16)25-15(2)20(23)24/h3-11,14-15,19,21-22H,12-13H2,1-2H3,(H,23,24)/t14-,15?,19-/m1/s1. The monoisotopic (exact) mass is 343 g/mol. The molecule has 0 aliphatic rings. The van der Waals surface area contributed by atoms with Crippen molar-refractivity contribution in [2.24, 2.45) is 0 Å². The number of carboxylic acids is 1. The molecular weight excluding hydrogens is 318 g/mol. The van der Waals surface area contributed by atoms with Crippen LogP contribution in [0.1, 0.15) is 31.1 Å². The summed E-state index contributed by atoms with van der Waals surface area (Å²) >= 11 is 0. The molecule has 0 saturated carbocycles. The van der Waals surface area contributed by atoms with Crippen molar-refractivity contribution in [1.82, 2.24) is 5.32 Å². The third-order valence-corrected chi connectivity index (χ3v) is 4.08. The van der Waals surface area contributed by atoms with Gasteiger partial charge in [-0.1, -0.05) is 42.5 Å². The van der Waals surface area contributed by atoms with Crippen LogP contribution >= 0.6 is 0 Å². The maximum atomic E-state index is 10.8. The number of carboxylic acid groups (broad SMARTS) is 1. The summed E-state index contributed by atoms with van der Waals surface area (Å²) < 4.78 is 5.31. The van der Waals surface area contributed by atoms with E-state index in [0.29, 0.717) is 5.75 Å².